The summed E-state index contributed by atoms with van der Waals surface area (Å²) in [6.45, 7) is 5.60. The van der Waals surface area contributed by atoms with Gasteiger partial charge in [0.05, 0.1) is 11.3 Å². The zero-order valence-corrected chi connectivity index (χ0v) is 23.7. The Bertz CT molecular complexity index is 1290. The maximum atomic E-state index is 13.1. The number of likely N-dealkylation sites (N-methyl/N-ethyl adjacent to an activating group) is 1. The molecule has 1 fully saturated rings. The molecule has 1 saturated heterocycles. The third-order valence-corrected chi connectivity index (χ3v) is 8.86. The second-order valence-electron chi connectivity index (χ2n) is 10.0. The van der Waals surface area contributed by atoms with Crippen molar-refractivity contribution in [1.29, 1.82) is 0 Å². The van der Waals surface area contributed by atoms with Gasteiger partial charge in [-0.2, -0.15) is 0 Å². The van der Waals surface area contributed by atoms with Crippen LogP contribution in [-0.4, -0.2) is 67.6 Å². The molecular formula is C30H36ClN3O3S. The van der Waals surface area contributed by atoms with Gasteiger partial charge in [0.1, 0.15) is 0 Å². The lowest BCUT2D eigenvalue weighted by atomic mass is 9.88. The lowest BCUT2D eigenvalue weighted by molar-refractivity contribution is -0.133. The highest BCUT2D eigenvalue weighted by molar-refractivity contribution is 7.90. The third kappa shape index (κ3) is 7.43. The summed E-state index contributed by atoms with van der Waals surface area (Å²) < 4.78 is 23.4. The first-order valence-electron chi connectivity index (χ1n) is 13.2. The number of aromatic nitrogens is 1. The molecule has 3 aromatic rings. The highest BCUT2D eigenvalue weighted by atomic mass is 35.5. The van der Waals surface area contributed by atoms with Crippen LogP contribution in [-0.2, 0) is 21.1 Å². The quantitative estimate of drug-likeness (QED) is 0.344. The van der Waals surface area contributed by atoms with Crippen molar-refractivity contribution in [2.24, 2.45) is 0 Å². The number of amides is 1. The van der Waals surface area contributed by atoms with Gasteiger partial charge in [0.2, 0.25) is 5.91 Å². The van der Waals surface area contributed by atoms with E-state index in [1.54, 1.807) is 24.3 Å². The molecule has 0 N–H and O–H groups in total. The van der Waals surface area contributed by atoms with E-state index in [1.165, 1.54) is 17.4 Å². The Balaban J connectivity index is 1.32. The standard InChI is InChI=1S/C30H36ClN3O3S/c1-3-34(30(35)22-23-4-10-28(11-5-23)38(2,36)37)27-14-19-33(20-15-27)21-16-29(25-12-17-32-18-13-25)24-6-8-26(31)9-7-24/h4-13,17-18,27,29H,3,14-16,19-22H2,1-2H3. The van der Waals surface area contributed by atoms with E-state index in [-0.39, 0.29) is 29.2 Å². The first kappa shape index (κ1) is 28.3. The summed E-state index contributed by atoms with van der Waals surface area (Å²) in [5.41, 5.74) is 3.34. The van der Waals surface area contributed by atoms with Crippen LogP contribution in [0.4, 0.5) is 0 Å². The molecule has 8 heteroatoms. The highest BCUT2D eigenvalue weighted by Crippen LogP contribution is 2.30. The number of pyridine rings is 1. The van der Waals surface area contributed by atoms with Gasteiger partial charge < -0.3 is 9.80 Å². The van der Waals surface area contributed by atoms with Gasteiger partial charge in [0.15, 0.2) is 9.84 Å². The molecule has 6 nitrogen and oxygen atoms in total. The summed E-state index contributed by atoms with van der Waals surface area (Å²) in [5, 5.41) is 0.741. The number of sulfone groups is 1. The van der Waals surface area contributed by atoms with E-state index in [2.05, 4.69) is 34.1 Å². The Morgan fingerprint density at radius 2 is 1.61 bits per heavy atom. The van der Waals surface area contributed by atoms with Gasteiger partial charge in [0, 0.05) is 55.3 Å². The molecular weight excluding hydrogens is 518 g/mol. The van der Waals surface area contributed by atoms with Crippen LogP contribution in [0.15, 0.2) is 78.0 Å². The summed E-state index contributed by atoms with van der Waals surface area (Å²) in [6.07, 6.45) is 8.07. The van der Waals surface area contributed by atoms with Crippen molar-refractivity contribution >= 4 is 27.3 Å². The Hall–Kier alpha value is -2.74. The van der Waals surface area contributed by atoms with Gasteiger partial charge in [-0.05, 0) is 85.8 Å². The zero-order valence-electron chi connectivity index (χ0n) is 22.1. The molecule has 0 saturated carbocycles. The smallest absolute Gasteiger partial charge is 0.227 e. The maximum Gasteiger partial charge on any atom is 0.227 e. The fourth-order valence-electron chi connectivity index (χ4n) is 5.35. The van der Waals surface area contributed by atoms with Crippen LogP contribution in [0.25, 0.3) is 0 Å². The molecule has 2 aromatic carbocycles. The molecule has 1 aliphatic heterocycles. The van der Waals surface area contributed by atoms with Gasteiger partial charge >= 0.3 is 0 Å². The Labute approximate surface area is 231 Å². The lowest BCUT2D eigenvalue weighted by Crippen LogP contribution is -2.48. The fraction of sp³-hybridized carbons (Fsp3) is 0.400. The van der Waals surface area contributed by atoms with E-state index in [1.807, 2.05) is 36.4 Å². The summed E-state index contributed by atoms with van der Waals surface area (Å²) in [6, 6.07) is 19.2. The number of carbonyl (C=O) groups is 1. The highest BCUT2D eigenvalue weighted by Gasteiger charge is 2.27. The number of carbonyl (C=O) groups excluding carboxylic acids is 1. The van der Waals surface area contributed by atoms with Crippen molar-refractivity contribution < 1.29 is 13.2 Å². The van der Waals surface area contributed by atoms with E-state index >= 15 is 0 Å². The minimum Gasteiger partial charge on any atom is -0.340 e. The van der Waals surface area contributed by atoms with Crippen LogP contribution in [0.3, 0.4) is 0 Å². The number of benzene rings is 2. The van der Waals surface area contributed by atoms with E-state index in [9.17, 15) is 13.2 Å². The maximum absolute atomic E-state index is 13.1. The van der Waals surface area contributed by atoms with Crippen LogP contribution in [0.2, 0.25) is 5.02 Å². The molecule has 0 bridgehead atoms. The average Bonchev–Trinajstić information content (AvgIpc) is 2.91. The average molecular weight is 554 g/mol. The third-order valence-electron chi connectivity index (χ3n) is 7.48. The van der Waals surface area contributed by atoms with Crippen LogP contribution in [0, 0.1) is 0 Å². The minimum atomic E-state index is -3.24. The first-order valence-corrected chi connectivity index (χ1v) is 15.5. The number of halogens is 1. The van der Waals surface area contributed by atoms with Gasteiger partial charge in [0.25, 0.3) is 0 Å². The Morgan fingerprint density at radius 3 is 2.18 bits per heavy atom. The van der Waals surface area contributed by atoms with E-state index in [0.717, 1.165) is 49.5 Å². The molecule has 1 aliphatic rings. The Morgan fingerprint density at radius 1 is 1.00 bits per heavy atom. The normalized spacial score (nSPS) is 15.8. The van der Waals surface area contributed by atoms with Gasteiger partial charge in [-0.1, -0.05) is 35.9 Å². The molecule has 202 valence electrons. The predicted molar refractivity (Wildman–Crippen MR) is 152 cm³/mol. The largest absolute Gasteiger partial charge is 0.340 e. The molecule has 0 radical (unpaired) electrons. The summed E-state index contributed by atoms with van der Waals surface area (Å²) in [4.78, 5) is 22.1. The zero-order chi connectivity index (χ0) is 27.1. The summed E-state index contributed by atoms with van der Waals surface area (Å²) in [5.74, 6) is 0.370. The lowest BCUT2D eigenvalue weighted by Gasteiger charge is -2.38. The van der Waals surface area contributed by atoms with Crippen molar-refractivity contribution in [3.05, 3.63) is 94.8 Å². The molecule has 2 heterocycles. The van der Waals surface area contributed by atoms with Gasteiger partial charge in [-0.3, -0.25) is 9.78 Å². The van der Waals surface area contributed by atoms with Crippen molar-refractivity contribution in [2.75, 3.05) is 32.4 Å². The van der Waals surface area contributed by atoms with E-state index in [4.69, 9.17) is 11.6 Å². The number of nitrogens with zero attached hydrogens (tertiary/aromatic N) is 3. The van der Waals surface area contributed by atoms with Crippen LogP contribution < -0.4 is 0 Å². The number of hydrogen-bond acceptors (Lipinski definition) is 5. The molecule has 38 heavy (non-hydrogen) atoms. The summed E-state index contributed by atoms with van der Waals surface area (Å²) >= 11 is 6.13. The SMILES string of the molecule is CCN(C(=O)Cc1ccc(S(C)(=O)=O)cc1)C1CCN(CCC(c2ccncc2)c2ccc(Cl)cc2)CC1. The van der Waals surface area contributed by atoms with Crippen LogP contribution >= 0.6 is 11.6 Å². The van der Waals surface area contributed by atoms with Crippen molar-refractivity contribution in [2.45, 2.75) is 49.5 Å². The van der Waals surface area contributed by atoms with E-state index in [0.29, 0.717) is 6.54 Å². The molecule has 1 atom stereocenters. The minimum absolute atomic E-state index is 0.0959. The Kier molecular flexibility index (Phi) is 9.58. The van der Waals surface area contributed by atoms with E-state index < -0.39 is 9.84 Å². The van der Waals surface area contributed by atoms with Crippen molar-refractivity contribution in [1.82, 2.24) is 14.8 Å². The van der Waals surface area contributed by atoms with Crippen molar-refractivity contribution in [3.63, 3.8) is 0 Å². The molecule has 1 amide bonds. The van der Waals surface area contributed by atoms with Crippen molar-refractivity contribution in [3.8, 4) is 0 Å². The fourth-order valence-corrected chi connectivity index (χ4v) is 6.11. The molecule has 0 aliphatic carbocycles. The number of piperidine rings is 1. The second-order valence-corrected chi connectivity index (χ2v) is 12.5. The van der Waals surface area contributed by atoms with Gasteiger partial charge in [-0.15, -0.1) is 0 Å². The molecule has 1 unspecified atom stereocenters. The molecule has 1 aromatic heterocycles. The predicted octanol–water partition coefficient (Wildman–Crippen LogP) is 5.22. The number of hydrogen-bond donors (Lipinski definition) is 0. The van der Waals surface area contributed by atoms with Gasteiger partial charge in [-0.25, -0.2) is 8.42 Å². The molecule has 4 rings (SSSR count). The first-order chi connectivity index (χ1) is 18.2. The molecule has 0 spiro atoms. The van der Waals surface area contributed by atoms with Crippen LogP contribution in [0.1, 0.15) is 48.8 Å². The number of likely N-dealkylation sites (tertiary alicyclic amines) is 1. The number of rotatable bonds is 10. The monoisotopic (exact) mass is 553 g/mol. The topological polar surface area (TPSA) is 70.6 Å². The summed E-state index contributed by atoms with van der Waals surface area (Å²) in [7, 11) is -3.24. The van der Waals surface area contributed by atoms with Crippen LogP contribution in [0.5, 0.6) is 0 Å². The second kappa shape index (κ2) is 12.9.